The Morgan fingerprint density at radius 3 is 1.46 bits per heavy atom. The molecule has 0 saturated heterocycles. The van der Waals surface area contributed by atoms with Crippen LogP contribution < -0.4 is 113 Å². The van der Waals surface area contributed by atoms with Gasteiger partial charge in [0.25, 0.3) is 0 Å². The Balaban J connectivity index is -0.000000162. The minimum atomic E-state index is -2.20. The van der Waals surface area contributed by atoms with Crippen LogP contribution in [0, 0.1) is 0 Å². The number of carbonyl (C=O) groups is 3. The fraction of sp³-hybridized carbons (Fsp3) is 0.727. The molecule has 0 aromatic heterocycles. The van der Waals surface area contributed by atoms with Crippen LogP contribution in [0.2, 0.25) is 0 Å². The minimum absolute atomic E-state index is 0. The topological polar surface area (TPSA) is 219 Å². The van der Waals surface area contributed by atoms with E-state index in [2.05, 4.69) is 0 Å². The monoisotopic (exact) mass is 404 g/mol. The maximum Gasteiger partial charge on any atom is 1.00 e. The molecular weight excluding hydrogens is 386 g/mol. The van der Waals surface area contributed by atoms with Gasteiger partial charge >= 0.3 is 109 Å². The molecule has 0 fully saturated rings. The van der Waals surface area contributed by atoms with Crippen LogP contribution in [-0.2, 0) is 14.4 Å². The molecule has 0 aliphatic rings. The van der Waals surface area contributed by atoms with E-state index < -0.39 is 48.9 Å². The second kappa shape index (κ2) is 19.3. The SMILES string of the molecule is O=C(O)C(O)C(O)C(O)C(O)CO.O=C([O-])CCCC(=O)[O-].[K+].[K+]. The first-order chi connectivity index (χ1) is 10.0. The van der Waals surface area contributed by atoms with Gasteiger partial charge in [0.15, 0.2) is 6.10 Å². The first-order valence-electron chi connectivity index (χ1n) is 6.00. The molecule has 13 heteroatoms. The normalized spacial score (nSPS) is 14.4. The van der Waals surface area contributed by atoms with Crippen molar-refractivity contribution in [2.45, 2.75) is 43.7 Å². The van der Waals surface area contributed by atoms with E-state index in [4.69, 9.17) is 30.6 Å². The third kappa shape index (κ3) is 18.3. The van der Waals surface area contributed by atoms with Crippen molar-refractivity contribution in [3.05, 3.63) is 0 Å². The number of carboxylic acids is 3. The van der Waals surface area contributed by atoms with Crippen LogP contribution in [0.1, 0.15) is 19.3 Å². The average Bonchev–Trinajstić information content (AvgIpc) is 2.43. The maximum absolute atomic E-state index is 10.1. The summed E-state index contributed by atoms with van der Waals surface area (Å²) < 4.78 is 0. The molecule has 0 bridgehead atoms. The van der Waals surface area contributed by atoms with Crippen molar-refractivity contribution >= 4 is 17.9 Å². The van der Waals surface area contributed by atoms with E-state index in [-0.39, 0.29) is 122 Å². The molecule has 0 radical (unpaired) electrons. The summed E-state index contributed by atoms with van der Waals surface area (Å²) in [5.41, 5.74) is 0. The molecule has 24 heavy (non-hydrogen) atoms. The van der Waals surface area contributed by atoms with Gasteiger partial charge in [-0.15, -0.1) is 0 Å². The zero-order valence-corrected chi connectivity index (χ0v) is 19.6. The van der Waals surface area contributed by atoms with Crippen LogP contribution in [0.4, 0.5) is 0 Å². The summed E-state index contributed by atoms with van der Waals surface area (Å²) >= 11 is 0. The third-order valence-electron chi connectivity index (χ3n) is 2.27. The van der Waals surface area contributed by atoms with E-state index in [1.807, 2.05) is 0 Å². The standard InChI is InChI=1S/C6H12O7.C5H8O4.2K/c7-1-2(8)3(9)4(10)5(11)6(12)13;6-4(7)2-1-3-5(8)9;;/h2-5,7-11H,1H2,(H,12,13);1-3H2,(H,6,7)(H,8,9);;/q;;2*+1/p-2. The number of aliphatic hydroxyl groups is 5. The van der Waals surface area contributed by atoms with Crippen molar-refractivity contribution < 1.29 is 158 Å². The van der Waals surface area contributed by atoms with Crippen molar-refractivity contribution in [3.8, 4) is 0 Å². The second-order valence-electron chi connectivity index (χ2n) is 4.11. The first kappa shape index (κ1) is 33.1. The molecule has 0 aromatic carbocycles. The fourth-order valence-electron chi connectivity index (χ4n) is 1.05. The average molecular weight is 404 g/mol. The van der Waals surface area contributed by atoms with Gasteiger partial charge in [0.05, 0.1) is 6.61 Å². The first-order valence-corrected chi connectivity index (χ1v) is 6.00. The smallest absolute Gasteiger partial charge is 0.550 e. The number of hydrogen-bond acceptors (Lipinski definition) is 10. The van der Waals surface area contributed by atoms with Crippen molar-refractivity contribution in [2.75, 3.05) is 6.61 Å². The largest absolute Gasteiger partial charge is 1.00 e. The fourth-order valence-corrected chi connectivity index (χ4v) is 1.05. The number of hydrogen-bond donors (Lipinski definition) is 6. The van der Waals surface area contributed by atoms with Crippen LogP contribution in [0.15, 0.2) is 0 Å². The molecule has 11 nitrogen and oxygen atoms in total. The molecule has 0 amide bonds. The van der Waals surface area contributed by atoms with Crippen molar-refractivity contribution in [2.24, 2.45) is 0 Å². The Morgan fingerprint density at radius 2 is 1.21 bits per heavy atom. The third-order valence-corrected chi connectivity index (χ3v) is 2.27. The molecule has 0 spiro atoms. The Bertz CT molecular complexity index is 352. The summed E-state index contributed by atoms with van der Waals surface area (Å²) in [6, 6.07) is 0. The van der Waals surface area contributed by atoms with Gasteiger partial charge < -0.3 is 50.4 Å². The number of aliphatic carboxylic acids is 3. The zero-order chi connectivity index (χ0) is 17.9. The Labute approximate surface area is 222 Å². The van der Waals surface area contributed by atoms with Gasteiger partial charge in [0.1, 0.15) is 18.3 Å². The minimum Gasteiger partial charge on any atom is -0.550 e. The molecule has 0 heterocycles. The van der Waals surface area contributed by atoms with E-state index >= 15 is 0 Å². The molecule has 0 aromatic rings. The van der Waals surface area contributed by atoms with Crippen LogP contribution in [0.5, 0.6) is 0 Å². The van der Waals surface area contributed by atoms with Gasteiger partial charge in [-0.2, -0.15) is 0 Å². The number of carbonyl (C=O) groups excluding carboxylic acids is 2. The van der Waals surface area contributed by atoms with Crippen LogP contribution in [0.3, 0.4) is 0 Å². The molecule has 130 valence electrons. The predicted octanol–water partition coefficient (Wildman–Crippen LogP) is -11.8. The van der Waals surface area contributed by atoms with Crippen molar-refractivity contribution in [1.82, 2.24) is 0 Å². The number of aliphatic hydroxyl groups excluding tert-OH is 5. The van der Waals surface area contributed by atoms with E-state index in [0.29, 0.717) is 0 Å². The van der Waals surface area contributed by atoms with Gasteiger partial charge in [-0.3, -0.25) is 0 Å². The summed E-state index contributed by atoms with van der Waals surface area (Å²) in [5.74, 6) is -4.18. The summed E-state index contributed by atoms with van der Waals surface area (Å²) in [5, 5.41) is 71.1. The summed E-state index contributed by atoms with van der Waals surface area (Å²) in [7, 11) is 0. The molecule has 0 saturated carbocycles. The van der Waals surface area contributed by atoms with Gasteiger partial charge in [0, 0.05) is 11.9 Å². The maximum atomic E-state index is 10.1. The van der Waals surface area contributed by atoms with Gasteiger partial charge in [-0.25, -0.2) is 4.79 Å². The molecule has 4 atom stereocenters. The van der Waals surface area contributed by atoms with E-state index in [1.165, 1.54) is 0 Å². The van der Waals surface area contributed by atoms with E-state index in [1.54, 1.807) is 0 Å². The molecule has 0 aliphatic heterocycles. The molecule has 0 aliphatic carbocycles. The van der Waals surface area contributed by atoms with E-state index in [9.17, 15) is 24.6 Å². The van der Waals surface area contributed by atoms with Gasteiger partial charge in [-0.05, 0) is 19.3 Å². The summed E-state index contributed by atoms with van der Waals surface area (Å²) in [6.07, 6.45) is -8.18. The molecule has 4 unspecified atom stereocenters. The van der Waals surface area contributed by atoms with Crippen molar-refractivity contribution in [1.29, 1.82) is 0 Å². The predicted molar refractivity (Wildman–Crippen MR) is 62.6 cm³/mol. The van der Waals surface area contributed by atoms with Crippen LogP contribution in [-0.4, -0.2) is 79.6 Å². The molecular formula is C11H18K2O11. The van der Waals surface area contributed by atoms with Gasteiger partial charge in [0.2, 0.25) is 0 Å². The molecule has 6 N–H and O–H groups in total. The zero-order valence-electron chi connectivity index (χ0n) is 13.4. The van der Waals surface area contributed by atoms with E-state index in [0.717, 1.165) is 0 Å². The quantitative estimate of drug-likeness (QED) is 0.198. The van der Waals surface area contributed by atoms with Crippen molar-refractivity contribution in [3.63, 3.8) is 0 Å². The Kier molecular flexibility index (Phi) is 26.5. The Hall–Kier alpha value is 1.48. The number of rotatable bonds is 9. The molecule has 0 rings (SSSR count). The summed E-state index contributed by atoms with van der Waals surface area (Å²) in [4.78, 5) is 29.4. The summed E-state index contributed by atoms with van der Waals surface area (Å²) in [6.45, 7) is -0.843. The second-order valence-corrected chi connectivity index (χ2v) is 4.11. The Morgan fingerprint density at radius 1 is 0.833 bits per heavy atom. The number of carboxylic acid groups (broad SMARTS) is 3. The van der Waals surface area contributed by atoms with Crippen LogP contribution >= 0.6 is 0 Å². The van der Waals surface area contributed by atoms with Gasteiger partial charge in [-0.1, -0.05) is 0 Å². The van der Waals surface area contributed by atoms with Crippen LogP contribution in [0.25, 0.3) is 0 Å².